The minimum absolute atomic E-state index is 0.0167. The number of aryl methyl sites for hydroxylation is 3. The van der Waals surface area contributed by atoms with Crippen LogP contribution in [-0.4, -0.2) is 33.2 Å². The average molecular weight is 433 g/mol. The number of benzene rings is 2. The van der Waals surface area contributed by atoms with Crippen molar-refractivity contribution in [2.24, 2.45) is 0 Å². The van der Waals surface area contributed by atoms with E-state index >= 15 is 0 Å². The van der Waals surface area contributed by atoms with Gasteiger partial charge in [0.15, 0.2) is 0 Å². The number of carbonyl (C=O) groups is 1. The third-order valence-corrected chi connectivity index (χ3v) is 6.05. The molecule has 1 atom stereocenters. The van der Waals surface area contributed by atoms with Gasteiger partial charge >= 0.3 is 0 Å². The number of amides is 1. The second-order valence-electron chi connectivity index (χ2n) is 8.01. The van der Waals surface area contributed by atoms with E-state index in [-0.39, 0.29) is 24.6 Å². The Morgan fingerprint density at radius 2 is 1.57 bits per heavy atom. The van der Waals surface area contributed by atoms with Crippen LogP contribution in [0, 0.1) is 20.8 Å². The molecule has 0 aliphatic rings. The fourth-order valence-corrected chi connectivity index (χ4v) is 4.16. The lowest BCUT2D eigenvalue weighted by Gasteiger charge is -2.24. The van der Waals surface area contributed by atoms with E-state index in [1.165, 1.54) is 5.56 Å². The van der Waals surface area contributed by atoms with Crippen LogP contribution in [0.5, 0.6) is 5.75 Å². The van der Waals surface area contributed by atoms with Gasteiger partial charge < -0.3 is 10.1 Å². The zero-order valence-corrected chi connectivity index (χ0v) is 19.6. The van der Waals surface area contributed by atoms with Gasteiger partial charge in [-0.15, -0.1) is 0 Å². The first-order valence-electron chi connectivity index (χ1n) is 10.00. The van der Waals surface area contributed by atoms with Gasteiger partial charge in [-0.3, -0.25) is 9.10 Å². The van der Waals surface area contributed by atoms with E-state index in [9.17, 15) is 13.2 Å². The third-order valence-electron chi connectivity index (χ3n) is 4.91. The van der Waals surface area contributed by atoms with Crippen molar-refractivity contribution in [3.63, 3.8) is 0 Å². The average Bonchev–Trinajstić information content (AvgIpc) is 2.62. The number of ether oxygens (including phenoxy) is 1. The maximum absolute atomic E-state index is 12.7. The summed E-state index contributed by atoms with van der Waals surface area (Å²) in [6.45, 7) is 11.5. The molecule has 164 valence electrons. The monoisotopic (exact) mass is 432 g/mol. The molecule has 6 nitrogen and oxygen atoms in total. The molecule has 0 aliphatic heterocycles. The molecule has 0 fully saturated rings. The fraction of sp³-hybridized carbons (Fsp3) is 0.435. The highest BCUT2D eigenvalue weighted by atomic mass is 32.2. The van der Waals surface area contributed by atoms with Gasteiger partial charge in [0.05, 0.1) is 24.1 Å². The summed E-state index contributed by atoms with van der Waals surface area (Å²) in [4.78, 5) is 12.7. The first-order chi connectivity index (χ1) is 13.9. The van der Waals surface area contributed by atoms with Crippen molar-refractivity contribution in [2.75, 3.05) is 17.1 Å². The van der Waals surface area contributed by atoms with E-state index in [1.54, 1.807) is 24.3 Å². The fourth-order valence-electron chi connectivity index (χ4n) is 3.31. The molecule has 0 aliphatic carbocycles. The van der Waals surface area contributed by atoms with Crippen LogP contribution in [0.25, 0.3) is 0 Å². The van der Waals surface area contributed by atoms with Crippen molar-refractivity contribution in [2.45, 2.75) is 53.7 Å². The molecule has 30 heavy (non-hydrogen) atoms. The number of hydrogen-bond acceptors (Lipinski definition) is 4. The second kappa shape index (κ2) is 9.51. The summed E-state index contributed by atoms with van der Waals surface area (Å²) in [5.41, 5.74) is 4.87. The van der Waals surface area contributed by atoms with Crippen molar-refractivity contribution in [3.8, 4) is 5.75 Å². The maximum Gasteiger partial charge on any atom is 0.241 e. The number of carbonyl (C=O) groups excluding carboxylic acids is 1. The number of rotatable bonds is 8. The molecule has 0 aromatic heterocycles. The van der Waals surface area contributed by atoms with Crippen LogP contribution in [0.4, 0.5) is 5.69 Å². The second-order valence-corrected chi connectivity index (χ2v) is 9.92. The summed E-state index contributed by atoms with van der Waals surface area (Å²) in [6, 6.07) is 10.6. The number of anilines is 1. The maximum atomic E-state index is 12.7. The van der Waals surface area contributed by atoms with Crippen molar-refractivity contribution >= 4 is 21.6 Å². The van der Waals surface area contributed by atoms with Crippen LogP contribution in [0.15, 0.2) is 36.4 Å². The van der Waals surface area contributed by atoms with E-state index in [0.717, 1.165) is 27.3 Å². The summed E-state index contributed by atoms with van der Waals surface area (Å²) >= 11 is 0. The molecule has 2 aromatic carbocycles. The predicted molar refractivity (Wildman–Crippen MR) is 122 cm³/mol. The van der Waals surface area contributed by atoms with Gasteiger partial charge in [-0.2, -0.15) is 0 Å². The summed E-state index contributed by atoms with van der Waals surface area (Å²) in [5, 5.41) is 2.92. The zero-order chi connectivity index (χ0) is 22.6. The molecule has 2 aromatic rings. The highest BCUT2D eigenvalue weighted by Gasteiger charge is 2.22. The van der Waals surface area contributed by atoms with Crippen LogP contribution in [-0.2, 0) is 14.8 Å². The molecule has 1 unspecified atom stereocenters. The Hall–Kier alpha value is -2.54. The van der Waals surface area contributed by atoms with Crippen LogP contribution in [0.3, 0.4) is 0 Å². The first-order valence-corrected chi connectivity index (χ1v) is 11.8. The smallest absolute Gasteiger partial charge is 0.241 e. The van der Waals surface area contributed by atoms with E-state index in [1.807, 2.05) is 34.6 Å². The molecule has 0 radical (unpaired) electrons. The molecular weight excluding hydrogens is 400 g/mol. The lowest BCUT2D eigenvalue weighted by Crippen LogP contribution is -2.41. The molecule has 1 amide bonds. The van der Waals surface area contributed by atoms with Crippen LogP contribution >= 0.6 is 0 Å². The van der Waals surface area contributed by atoms with Crippen LogP contribution in [0.2, 0.25) is 0 Å². The Morgan fingerprint density at radius 3 is 2.10 bits per heavy atom. The van der Waals surface area contributed by atoms with Gasteiger partial charge in [-0.1, -0.05) is 12.1 Å². The minimum Gasteiger partial charge on any atom is -0.491 e. The number of nitrogens with one attached hydrogen (secondary N) is 1. The van der Waals surface area contributed by atoms with Gasteiger partial charge in [-0.25, -0.2) is 8.42 Å². The SMILES string of the molecule is Cc1cc(C)c(C(C)NC(=O)CN(c2ccc(OC(C)C)cc2)S(C)(=O)=O)cc1C. The number of nitrogens with zero attached hydrogens (tertiary/aromatic N) is 1. The molecule has 0 spiro atoms. The molecule has 0 saturated heterocycles. The van der Waals surface area contributed by atoms with Gasteiger partial charge in [0.25, 0.3) is 0 Å². The van der Waals surface area contributed by atoms with Gasteiger partial charge in [-0.05, 0) is 88.1 Å². The lowest BCUT2D eigenvalue weighted by molar-refractivity contribution is -0.120. The molecule has 0 bridgehead atoms. The van der Waals surface area contributed by atoms with Gasteiger partial charge in [0, 0.05) is 0 Å². The predicted octanol–water partition coefficient (Wildman–Crippen LogP) is 4.04. The van der Waals surface area contributed by atoms with Gasteiger partial charge in [0.1, 0.15) is 12.3 Å². The van der Waals surface area contributed by atoms with E-state index in [2.05, 4.69) is 24.4 Å². The van der Waals surface area contributed by atoms with Crippen molar-refractivity contribution in [1.82, 2.24) is 5.32 Å². The Labute approximate surface area is 180 Å². The van der Waals surface area contributed by atoms with Crippen LogP contribution in [0.1, 0.15) is 49.1 Å². The zero-order valence-electron chi connectivity index (χ0n) is 18.8. The third kappa shape index (κ3) is 6.23. The largest absolute Gasteiger partial charge is 0.491 e. The quantitative estimate of drug-likeness (QED) is 0.683. The van der Waals surface area contributed by atoms with E-state index < -0.39 is 10.0 Å². The Kier molecular flexibility index (Phi) is 7.53. The summed E-state index contributed by atoms with van der Waals surface area (Å²) in [6.07, 6.45) is 1.11. The lowest BCUT2D eigenvalue weighted by atomic mass is 9.96. The molecule has 7 heteroatoms. The Morgan fingerprint density at radius 1 is 1.00 bits per heavy atom. The number of hydrogen-bond donors (Lipinski definition) is 1. The summed E-state index contributed by atoms with van der Waals surface area (Å²) in [5.74, 6) is 0.276. The molecular formula is C23H32N2O4S. The highest BCUT2D eigenvalue weighted by molar-refractivity contribution is 7.92. The van der Waals surface area contributed by atoms with Crippen molar-refractivity contribution < 1.29 is 17.9 Å². The highest BCUT2D eigenvalue weighted by Crippen LogP contribution is 2.24. The van der Waals surface area contributed by atoms with Crippen molar-refractivity contribution in [3.05, 3.63) is 58.7 Å². The van der Waals surface area contributed by atoms with Gasteiger partial charge in [0.2, 0.25) is 15.9 Å². The minimum atomic E-state index is -3.64. The van der Waals surface area contributed by atoms with Crippen molar-refractivity contribution in [1.29, 1.82) is 0 Å². The molecule has 0 saturated carbocycles. The summed E-state index contributed by atoms with van der Waals surface area (Å²) in [7, 11) is -3.64. The van der Waals surface area contributed by atoms with Crippen LogP contribution < -0.4 is 14.4 Å². The molecule has 2 rings (SSSR count). The first kappa shape index (κ1) is 23.7. The van der Waals surface area contributed by atoms with E-state index in [0.29, 0.717) is 11.4 Å². The topological polar surface area (TPSA) is 75.7 Å². The number of sulfonamides is 1. The Bertz CT molecular complexity index is 999. The van der Waals surface area contributed by atoms with E-state index in [4.69, 9.17) is 4.74 Å². The molecule has 1 N–H and O–H groups in total. The standard InChI is InChI=1S/C23H32N2O4S/c1-15(2)29-21-10-8-20(9-11-21)25(30(7,27)28)14-23(26)24-19(6)22-13-17(4)16(3)12-18(22)5/h8-13,15,19H,14H2,1-7H3,(H,24,26). The normalized spacial score (nSPS) is 12.5. The molecule has 0 heterocycles. The summed E-state index contributed by atoms with van der Waals surface area (Å²) < 4.78 is 31.4. The Balaban J connectivity index is 2.17.